The molecule has 7 heteroatoms. The van der Waals surface area contributed by atoms with E-state index in [9.17, 15) is 9.18 Å². The molecule has 0 fully saturated rings. The quantitative estimate of drug-likeness (QED) is 0.423. The number of carbonyl (C=O) groups excluding carboxylic acids is 1. The minimum atomic E-state index is -0.619. The number of hydrogen-bond acceptors (Lipinski definition) is 5. The monoisotopic (exact) mass is 401 g/mol. The number of rotatable bonds is 11. The lowest BCUT2D eigenvalue weighted by Gasteiger charge is -2.13. The number of nitrogen functional groups attached to an aromatic ring is 1. The van der Waals surface area contributed by atoms with E-state index in [1.165, 1.54) is 12.1 Å². The van der Waals surface area contributed by atoms with Crippen molar-refractivity contribution in [2.24, 2.45) is 0 Å². The lowest BCUT2D eigenvalue weighted by atomic mass is 10.1. The number of hydrogen-bond donors (Lipinski definition) is 2. The Hall–Kier alpha value is -2.93. The summed E-state index contributed by atoms with van der Waals surface area (Å²) in [6.45, 7) is 6.19. The summed E-state index contributed by atoms with van der Waals surface area (Å²) in [5.74, 6) is -0.995. The Bertz CT molecular complexity index is 855. The van der Waals surface area contributed by atoms with E-state index in [-0.39, 0.29) is 22.8 Å². The molecule has 1 aromatic carbocycles. The largest absolute Gasteiger partial charge is 0.490 e. The van der Waals surface area contributed by atoms with Crippen molar-refractivity contribution >= 4 is 17.4 Å². The van der Waals surface area contributed by atoms with Crippen LogP contribution >= 0.6 is 0 Å². The van der Waals surface area contributed by atoms with Crippen molar-refractivity contribution in [2.45, 2.75) is 39.2 Å². The zero-order valence-corrected chi connectivity index (χ0v) is 17.0. The van der Waals surface area contributed by atoms with Crippen molar-refractivity contribution in [1.29, 1.82) is 0 Å². The van der Waals surface area contributed by atoms with Crippen LogP contribution in [0.25, 0.3) is 0 Å². The van der Waals surface area contributed by atoms with Gasteiger partial charge in [-0.25, -0.2) is 9.37 Å². The lowest BCUT2D eigenvalue weighted by molar-refractivity contribution is 0.102. The number of aryl methyl sites for hydroxylation is 1. The first-order valence-corrected chi connectivity index (χ1v) is 9.56. The van der Waals surface area contributed by atoms with E-state index in [1.807, 2.05) is 13.0 Å². The third kappa shape index (κ3) is 6.29. The van der Waals surface area contributed by atoms with Gasteiger partial charge in [-0.05, 0) is 56.4 Å². The van der Waals surface area contributed by atoms with E-state index in [2.05, 4.69) is 16.9 Å². The number of methoxy groups -OCH3 is 1. The van der Waals surface area contributed by atoms with Gasteiger partial charge < -0.3 is 20.5 Å². The summed E-state index contributed by atoms with van der Waals surface area (Å²) in [6, 6.07) is 6.25. The number of allylic oxidation sites excluding steroid dienone is 1. The molecule has 29 heavy (non-hydrogen) atoms. The highest BCUT2D eigenvalue weighted by atomic mass is 19.1. The highest BCUT2D eigenvalue weighted by Crippen LogP contribution is 2.26. The second-order valence-corrected chi connectivity index (χ2v) is 6.68. The number of aromatic nitrogens is 1. The van der Waals surface area contributed by atoms with Crippen LogP contribution < -0.4 is 15.8 Å². The maximum Gasteiger partial charge on any atom is 0.259 e. The normalized spacial score (nSPS) is 10.6. The Balaban J connectivity index is 2.05. The van der Waals surface area contributed by atoms with Crippen molar-refractivity contribution in [1.82, 2.24) is 4.98 Å². The topological polar surface area (TPSA) is 86.5 Å². The average Bonchev–Trinajstić information content (AvgIpc) is 2.69. The molecule has 0 aliphatic rings. The Morgan fingerprint density at radius 2 is 2.14 bits per heavy atom. The molecular weight excluding hydrogens is 373 g/mol. The van der Waals surface area contributed by atoms with Gasteiger partial charge in [0.2, 0.25) is 0 Å². The van der Waals surface area contributed by atoms with Gasteiger partial charge in [0.25, 0.3) is 5.91 Å². The maximum absolute atomic E-state index is 14.7. The van der Waals surface area contributed by atoms with Crippen LogP contribution in [-0.2, 0) is 11.3 Å². The first kappa shape index (κ1) is 22.4. The second-order valence-electron chi connectivity index (χ2n) is 6.68. The van der Waals surface area contributed by atoms with Gasteiger partial charge in [0.15, 0.2) is 11.6 Å². The maximum atomic E-state index is 14.7. The van der Waals surface area contributed by atoms with Crippen molar-refractivity contribution < 1.29 is 18.7 Å². The van der Waals surface area contributed by atoms with Crippen molar-refractivity contribution in [3.63, 3.8) is 0 Å². The van der Waals surface area contributed by atoms with Crippen LogP contribution in [0.3, 0.4) is 0 Å². The Kier molecular flexibility index (Phi) is 8.61. The molecule has 0 saturated carbocycles. The summed E-state index contributed by atoms with van der Waals surface area (Å²) < 4.78 is 25.3. The van der Waals surface area contributed by atoms with Crippen LogP contribution in [0.5, 0.6) is 5.75 Å². The fourth-order valence-corrected chi connectivity index (χ4v) is 2.79. The molecule has 1 amide bonds. The number of amides is 1. The number of anilines is 2. The molecule has 1 heterocycles. The average molecular weight is 401 g/mol. The molecule has 0 unspecified atom stereocenters. The van der Waals surface area contributed by atoms with Crippen LogP contribution in [-0.4, -0.2) is 24.6 Å². The van der Waals surface area contributed by atoms with E-state index in [0.29, 0.717) is 18.9 Å². The SMILES string of the molecule is C=CCCCCCOc1cccc(NC(=O)c2cc(C)c(COC)nc2N)c1F. The van der Waals surface area contributed by atoms with Crippen LogP contribution in [0, 0.1) is 12.7 Å². The molecule has 0 aliphatic carbocycles. The van der Waals surface area contributed by atoms with Crippen LogP contribution in [0.1, 0.15) is 47.3 Å². The minimum Gasteiger partial charge on any atom is -0.490 e. The highest BCUT2D eigenvalue weighted by molar-refractivity contribution is 6.07. The fourth-order valence-electron chi connectivity index (χ4n) is 2.79. The first-order chi connectivity index (χ1) is 14.0. The van der Waals surface area contributed by atoms with Gasteiger partial charge in [0.05, 0.1) is 30.2 Å². The number of nitrogens with two attached hydrogens (primary N) is 1. The lowest BCUT2D eigenvalue weighted by Crippen LogP contribution is -2.17. The number of halogens is 1. The smallest absolute Gasteiger partial charge is 0.259 e. The van der Waals surface area contributed by atoms with Crippen LogP contribution in [0.2, 0.25) is 0 Å². The van der Waals surface area contributed by atoms with Gasteiger partial charge in [-0.15, -0.1) is 6.58 Å². The zero-order chi connectivity index (χ0) is 21.2. The number of ether oxygens (including phenoxy) is 2. The van der Waals surface area contributed by atoms with Crippen LogP contribution in [0.4, 0.5) is 15.9 Å². The third-order valence-corrected chi connectivity index (χ3v) is 4.39. The number of nitrogens with zero attached hydrogens (tertiary/aromatic N) is 1. The van der Waals surface area contributed by atoms with E-state index < -0.39 is 11.7 Å². The van der Waals surface area contributed by atoms with Crippen molar-refractivity contribution in [3.05, 3.63) is 59.6 Å². The summed E-state index contributed by atoms with van der Waals surface area (Å²) in [7, 11) is 1.55. The van der Waals surface area contributed by atoms with Crippen LogP contribution in [0.15, 0.2) is 36.9 Å². The zero-order valence-electron chi connectivity index (χ0n) is 17.0. The number of unbranched alkanes of at least 4 members (excludes halogenated alkanes) is 3. The number of carbonyl (C=O) groups is 1. The standard InChI is InChI=1S/C22H28FN3O3/c1-4-5-6-7-8-12-29-19-11-9-10-17(20(19)23)26-22(27)16-13-15(2)18(14-28-3)25-21(16)24/h4,9-11,13H,1,5-8,12,14H2,2-3H3,(H2,24,25)(H,26,27). The van der Waals surface area contributed by atoms with E-state index in [1.54, 1.807) is 19.2 Å². The van der Waals surface area contributed by atoms with Gasteiger partial charge in [0.1, 0.15) is 5.82 Å². The van der Waals surface area contributed by atoms with Gasteiger partial charge >= 0.3 is 0 Å². The number of benzene rings is 1. The summed E-state index contributed by atoms with van der Waals surface area (Å²) in [5, 5.41) is 2.55. The third-order valence-electron chi connectivity index (χ3n) is 4.39. The predicted octanol–water partition coefficient (Wildman–Crippen LogP) is 4.64. The Morgan fingerprint density at radius 3 is 2.86 bits per heavy atom. The van der Waals surface area contributed by atoms with Gasteiger partial charge in [-0.3, -0.25) is 4.79 Å². The predicted molar refractivity (Wildman–Crippen MR) is 113 cm³/mol. The number of pyridine rings is 1. The molecule has 0 radical (unpaired) electrons. The molecule has 3 N–H and O–H groups in total. The number of nitrogens with one attached hydrogen (secondary N) is 1. The molecule has 0 saturated heterocycles. The summed E-state index contributed by atoms with van der Waals surface area (Å²) >= 11 is 0. The Labute approximate surface area is 170 Å². The summed E-state index contributed by atoms with van der Waals surface area (Å²) in [6.07, 6.45) is 5.67. The van der Waals surface area contributed by atoms with Crippen molar-refractivity contribution in [3.8, 4) is 5.75 Å². The molecule has 0 atom stereocenters. The molecule has 6 nitrogen and oxygen atoms in total. The van der Waals surface area contributed by atoms with E-state index >= 15 is 0 Å². The van der Waals surface area contributed by atoms with E-state index in [0.717, 1.165) is 31.2 Å². The molecule has 2 rings (SSSR count). The molecule has 0 bridgehead atoms. The van der Waals surface area contributed by atoms with Gasteiger partial charge in [-0.2, -0.15) is 0 Å². The molecule has 156 valence electrons. The minimum absolute atomic E-state index is 0.0252. The molecule has 0 aliphatic heterocycles. The molecular formula is C22H28FN3O3. The Morgan fingerprint density at radius 1 is 1.34 bits per heavy atom. The summed E-state index contributed by atoms with van der Waals surface area (Å²) in [5.41, 5.74) is 7.52. The van der Waals surface area contributed by atoms with E-state index in [4.69, 9.17) is 15.2 Å². The fraction of sp³-hybridized carbons (Fsp3) is 0.364. The molecule has 1 aromatic heterocycles. The first-order valence-electron chi connectivity index (χ1n) is 9.56. The second kappa shape index (κ2) is 11.2. The molecule has 0 spiro atoms. The highest BCUT2D eigenvalue weighted by Gasteiger charge is 2.17. The summed E-state index contributed by atoms with van der Waals surface area (Å²) in [4.78, 5) is 16.8. The van der Waals surface area contributed by atoms with Gasteiger partial charge in [0, 0.05) is 7.11 Å². The molecule has 2 aromatic rings. The van der Waals surface area contributed by atoms with Crippen molar-refractivity contribution in [2.75, 3.05) is 24.8 Å². The van der Waals surface area contributed by atoms with Gasteiger partial charge in [-0.1, -0.05) is 12.1 Å².